The Morgan fingerprint density at radius 1 is 0.729 bits per heavy atom. The number of aromatic nitrogens is 4. The molecule has 2 aliphatic heterocycles. The van der Waals surface area contributed by atoms with E-state index in [2.05, 4.69) is 75.2 Å². The largest absolute Gasteiger partial charge is 0.453 e. The lowest BCUT2D eigenvalue weighted by Crippen LogP contribution is -2.60. The van der Waals surface area contributed by atoms with Crippen molar-refractivity contribution >= 4 is 34.8 Å². The van der Waals surface area contributed by atoms with Crippen molar-refractivity contribution in [2.45, 2.75) is 84.0 Å². The summed E-state index contributed by atoms with van der Waals surface area (Å²) in [4.78, 5) is 72.0. The van der Waals surface area contributed by atoms with Crippen LogP contribution >= 0.6 is 0 Å². The first-order valence-electron chi connectivity index (χ1n) is 20.4. The van der Waals surface area contributed by atoms with Gasteiger partial charge in [-0.05, 0) is 71.9 Å². The summed E-state index contributed by atoms with van der Waals surface area (Å²) < 4.78 is 9.62. The summed E-state index contributed by atoms with van der Waals surface area (Å²) in [5, 5.41) is 7.64. The molecule has 1 unspecified atom stereocenters. The van der Waals surface area contributed by atoms with E-state index in [-0.39, 0.29) is 35.7 Å². The van der Waals surface area contributed by atoms with Crippen molar-refractivity contribution in [3.63, 3.8) is 0 Å². The number of aromatic amines is 2. The minimum absolute atomic E-state index is 0.112. The molecule has 0 spiro atoms. The zero-order chi connectivity index (χ0) is 42.0. The Kier molecular flexibility index (Phi) is 11.8. The number of nitrogens with zero attached hydrogens (tertiary/aromatic N) is 4. The van der Waals surface area contributed by atoms with Crippen LogP contribution in [0, 0.1) is 11.8 Å². The quantitative estimate of drug-likeness (QED) is 0.105. The Balaban J connectivity index is 1.10. The smallest absolute Gasteiger partial charge is 0.407 e. The topological polar surface area (TPSA) is 175 Å². The van der Waals surface area contributed by atoms with Crippen molar-refractivity contribution in [2.75, 3.05) is 27.3 Å². The SMILES string of the molecule is COC(=O)N[C@H](C(=O)N1CCC[C@H]1c1ncc(-c2ccc(-c3cccc4c(-c5cnc([C@@H]6CCCN6C(=O)C(C)(NC(=O)OC)C(C)C)[nH]5)cccc34)cc2)[nH]1)C(C)C. The van der Waals surface area contributed by atoms with Gasteiger partial charge in [0.15, 0.2) is 0 Å². The van der Waals surface area contributed by atoms with Crippen molar-refractivity contribution in [3.8, 4) is 33.6 Å². The molecule has 2 saturated heterocycles. The predicted molar refractivity (Wildman–Crippen MR) is 225 cm³/mol. The standard InChI is InChI=1S/C45H54N8O6/c1-26(2)38(50-43(56)58-6)41(54)52-22-10-16-36(52)39-46-24-34(48-39)29-20-18-28(19-21-29)30-12-8-14-32-31(30)13-9-15-33(32)35-25-47-40(49-35)37-17-11-23-53(37)42(55)45(5,27(3)4)51-44(57)59-7/h8-9,12-15,18-21,24-27,36-38H,10-11,16-17,22-23H2,1-7H3,(H,46,48)(H,47,49)(H,50,56)(H,51,57)/t36-,37-,38-,45?/m0/s1. The summed E-state index contributed by atoms with van der Waals surface area (Å²) in [6.07, 6.45) is 5.58. The molecule has 7 rings (SSSR count). The second kappa shape index (κ2) is 17.0. The van der Waals surface area contributed by atoms with Crippen molar-refractivity contribution in [1.29, 1.82) is 0 Å². The third kappa shape index (κ3) is 8.00. The molecule has 4 atom stereocenters. The zero-order valence-electron chi connectivity index (χ0n) is 34.8. The molecule has 310 valence electrons. The third-order valence-corrected chi connectivity index (χ3v) is 12.1. The summed E-state index contributed by atoms with van der Waals surface area (Å²) in [7, 11) is 2.59. The van der Waals surface area contributed by atoms with E-state index in [9.17, 15) is 19.2 Å². The molecule has 59 heavy (non-hydrogen) atoms. The fraction of sp³-hybridized carbons (Fsp3) is 0.422. The molecule has 14 nitrogen and oxygen atoms in total. The Labute approximate surface area is 344 Å². The van der Waals surface area contributed by atoms with E-state index in [1.54, 1.807) is 6.92 Å². The molecule has 0 aliphatic carbocycles. The van der Waals surface area contributed by atoms with E-state index < -0.39 is 23.8 Å². The fourth-order valence-electron chi connectivity index (χ4n) is 8.41. The average Bonchev–Trinajstić information content (AvgIpc) is 4.09. The predicted octanol–water partition coefficient (Wildman–Crippen LogP) is 7.77. The lowest BCUT2D eigenvalue weighted by Gasteiger charge is -2.37. The summed E-state index contributed by atoms with van der Waals surface area (Å²) >= 11 is 0. The molecule has 4 amide bonds. The zero-order valence-corrected chi connectivity index (χ0v) is 34.8. The monoisotopic (exact) mass is 802 g/mol. The lowest BCUT2D eigenvalue weighted by molar-refractivity contribution is -0.140. The number of ether oxygens (including phenoxy) is 2. The molecule has 2 aromatic heterocycles. The normalized spacial score (nSPS) is 18.3. The number of carbonyl (C=O) groups excluding carboxylic acids is 4. The van der Waals surface area contributed by atoms with Gasteiger partial charge in [-0.15, -0.1) is 0 Å². The van der Waals surface area contributed by atoms with Crippen LogP contribution in [0.5, 0.6) is 0 Å². The van der Waals surface area contributed by atoms with Gasteiger partial charge in [0.1, 0.15) is 23.2 Å². The van der Waals surface area contributed by atoms with E-state index in [1.165, 1.54) is 14.2 Å². The van der Waals surface area contributed by atoms with Crippen LogP contribution in [0.15, 0.2) is 73.1 Å². The van der Waals surface area contributed by atoms with E-state index in [0.29, 0.717) is 18.9 Å². The maximum Gasteiger partial charge on any atom is 0.407 e. The van der Waals surface area contributed by atoms with E-state index in [0.717, 1.165) is 75.9 Å². The van der Waals surface area contributed by atoms with Gasteiger partial charge in [0.25, 0.3) is 0 Å². The molecule has 0 bridgehead atoms. The number of nitrogens with one attached hydrogen (secondary N) is 4. The lowest BCUT2D eigenvalue weighted by atomic mass is 9.86. The van der Waals surface area contributed by atoms with Gasteiger partial charge in [0.2, 0.25) is 11.8 Å². The van der Waals surface area contributed by atoms with Gasteiger partial charge < -0.3 is 39.9 Å². The average molecular weight is 803 g/mol. The van der Waals surface area contributed by atoms with Gasteiger partial charge in [0.05, 0.1) is 50.1 Å². The molecular weight excluding hydrogens is 749 g/mol. The molecular formula is C45H54N8O6. The number of carbonyl (C=O) groups is 4. The highest BCUT2D eigenvalue weighted by atomic mass is 16.5. The summed E-state index contributed by atoms with van der Waals surface area (Å²) in [6, 6.07) is 19.7. The summed E-state index contributed by atoms with van der Waals surface area (Å²) in [5.41, 5.74) is 4.68. The van der Waals surface area contributed by atoms with Gasteiger partial charge in [-0.3, -0.25) is 9.59 Å². The first-order valence-corrected chi connectivity index (χ1v) is 20.4. The van der Waals surface area contributed by atoms with Gasteiger partial charge in [-0.25, -0.2) is 19.6 Å². The second-order valence-electron chi connectivity index (χ2n) is 16.3. The molecule has 14 heteroatoms. The maximum atomic E-state index is 14.0. The van der Waals surface area contributed by atoms with Crippen LogP contribution < -0.4 is 10.6 Å². The maximum absolute atomic E-state index is 14.0. The highest BCUT2D eigenvalue weighted by molar-refractivity contribution is 6.04. The van der Waals surface area contributed by atoms with Gasteiger partial charge in [0, 0.05) is 18.7 Å². The number of hydrogen-bond donors (Lipinski definition) is 4. The Bertz CT molecular complexity index is 2330. The fourth-order valence-corrected chi connectivity index (χ4v) is 8.41. The van der Waals surface area contributed by atoms with Crippen LogP contribution in [0.1, 0.15) is 84.0 Å². The Morgan fingerprint density at radius 2 is 1.27 bits per heavy atom. The number of benzene rings is 3. The van der Waals surface area contributed by atoms with Crippen molar-refractivity contribution in [1.82, 2.24) is 40.4 Å². The van der Waals surface area contributed by atoms with E-state index >= 15 is 0 Å². The van der Waals surface area contributed by atoms with Crippen LogP contribution in [0.3, 0.4) is 0 Å². The number of amides is 4. The van der Waals surface area contributed by atoms with E-state index in [1.807, 2.05) is 56.0 Å². The first kappa shape index (κ1) is 41.0. The number of fused-ring (bicyclic) bond motifs is 1. The number of imidazole rings is 2. The number of H-pyrrole nitrogens is 2. The van der Waals surface area contributed by atoms with Crippen LogP contribution in [0.4, 0.5) is 9.59 Å². The third-order valence-electron chi connectivity index (χ3n) is 12.1. The van der Waals surface area contributed by atoms with Crippen LogP contribution in [-0.2, 0) is 19.1 Å². The molecule has 5 aromatic rings. The number of likely N-dealkylation sites (tertiary alicyclic amines) is 2. The Hall–Kier alpha value is -6.18. The molecule has 4 N–H and O–H groups in total. The van der Waals surface area contributed by atoms with Gasteiger partial charge in [-0.1, -0.05) is 88.4 Å². The van der Waals surface area contributed by atoms with Gasteiger partial charge in [-0.2, -0.15) is 0 Å². The van der Waals surface area contributed by atoms with Crippen LogP contribution in [0.25, 0.3) is 44.4 Å². The van der Waals surface area contributed by atoms with Crippen molar-refractivity contribution < 1.29 is 28.7 Å². The number of methoxy groups -OCH3 is 2. The van der Waals surface area contributed by atoms with Crippen molar-refractivity contribution in [2.24, 2.45) is 11.8 Å². The summed E-state index contributed by atoms with van der Waals surface area (Å²) in [5.74, 6) is 0.842. The number of rotatable bonds is 11. The first-order chi connectivity index (χ1) is 28.3. The molecule has 3 aromatic carbocycles. The van der Waals surface area contributed by atoms with Crippen LogP contribution in [-0.4, -0.2) is 92.6 Å². The minimum atomic E-state index is -1.14. The molecule has 0 radical (unpaired) electrons. The highest BCUT2D eigenvalue weighted by Crippen LogP contribution is 2.39. The second-order valence-corrected chi connectivity index (χ2v) is 16.3. The summed E-state index contributed by atoms with van der Waals surface area (Å²) in [6.45, 7) is 10.5. The Morgan fingerprint density at radius 3 is 1.88 bits per heavy atom. The molecule has 0 saturated carbocycles. The van der Waals surface area contributed by atoms with Crippen molar-refractivity contribution in [3.05, 3.63) is 84.7 Å². The number of alkyl carbamates (subject to hydrolysis) is 2. The molecule has 2 fully saturated rings. The number of hydrogen-bond acceptors (Lipinski definition) is 8. The minimum Gasteiger partial charge on any atom is -0.453 e. The molecule has 2 aliphatic rings. The highest BCUT2D eigenvalue weighted by Gasteiger charge is 2.45. The van der Waals surface area contributed by atoms with Gasteiger partial charge >= 0.3 is 12.2 Å². The van der Waals surface area contributed by atoms with Crippen LogP contribution in [0.2, 0.25) is 0 Å². The van der Waals surface area contributed by atoms with E-state index in [4.69, 9.17) is 19.4 Å². The molecule has 4 heterocycles.